The number of aryl methyl sites for hydroxylation is 1. The van der Waals surface area contributed by atoms with Crippen LogP contribution >= 0.6 is 11.6 Å². The molecule has 15 heavy (non-hydrogen) atoms. The van der Waals surface area contributed by atoms with Gasteiger partial charge in [0.2, 0.25) is 0 Å². The summed E-state index contributed by atoms with van der Waals surface area (Å²) in [6, 6.07) is 3.70. The van der Waals surface area contributed by atoms with Crippen LogP contribution in [0.1, 0.15) is 18.4 Å². The number of halogens is 1. The van der Waals surface area contributed by atoms with E-state index < -0.39 is 0 Å². The summed E-state index contributed by atoms with van der Waals surface area (Å²) in [5.74, 6) is 0. The molecule has 79 valence electrons. The van der Waals surface area contributed by atoms with Gasteiger partial charge in [0.15, 0.2) is 0 Å². The molecule has 0 N–H and O–H groups in total. The van der Waals surface area contributed by atoms with E-state index in [1.165, 1.54) is 12.8 Å². The summed E-state index contributed by atoms with van der Waals surface area (Å²) < 4.78 is 0. The third-order valence-electron chi connectivity index (χ3n) is 2.82. The molecule has 0 aromatic heterocycles. The smallest absolute Gasteiger partial charge is 0.0921 e. The first-order valence-corrected chi connectivity index (χ1v) is 5.50. The molecule has 0 amide bonds. The SMILES string of the molecule is Cc1cc(N2CCCC2)c(Cl)cc1N=[N]. The molecular formula is C11H13ClN3. The third kappa shape index (κ3) is 1.97. The van der Waals surface area contributed by atoms with Crippen molar-refractivity contribution in [2.45, 2.75) is 19.8 Å². The van der Waals surface area contributed by atoms with Crippen LogP contribution in [0.4, 0.5) is 11.4 Å². The fourth-order valence-electron chi connectivity index (χ4n) is 1.96. The van der Waals surface area contributed by atoms with Gasteiger partial charge in [-0.15, -0.1) is 5.11 Å². The van der Waals surface area contributed by atoms with Crippen LogP contribution in [0.25, 0.3) is 0 Å². The summed E-state index contributed by atoms with van der Waals surface area (Å²) in [5, 5.41) is 3.86. The molecule has 0 aliphatic carbocycles. The summed E-state index contributed by atoms with van der Waals surface area (Å²) in [7, 11) is 0. The minimum Gasteiger partial charge on any atom is -0.370 e. The Balaban J connectivity index is 2.39. The zero-order valence-corrected chi connectivity index (χ0v) is 9.46. The Morgan fingerprint density at radius 1 is 1.33 bits per heavy atom. The monoisotopic (exact) mass is 222 g/mol. The van der Waals surface area contributed by atoms with E-state index in [2.05, 4.69) is 10.0 Å². The van der Waals surface area contributed by atoms with Crippen LogP contribution in [-0.4, -0.2) is 13.1 Å². The number of benzene rings is 1. The van der Waals surface area contributed by atoms with Gasteiger partial charge in [0, 0.05) is 13.1 Å². The second-order valence-corrected chi connectivity index (χ2v) is 4.29. The molecule has 3 nitrogen and oxygen atoms in total. The van der Waals surface area contributed by atoms with Crippen LogP contribution in [-0.2, 0) is 0 Å². The number of hydrogen-bond donors (Lipinski definition) is 0. The van der Waals surface area contributed by atoms with Gasteiger partial charge >= 0.3 is 0 Å². The predicted octanol–water partition coefficient (Wildman–Crippen LogP) is 3.13. The summed E-state index contributed by atoms with van der Waals surface area (Å²) in [5.41, 5.74) is 11.3. The van der Waals surface area contributed by atoms with Crippen molar-refractivity contribution in [1.82, 2.24) is 5.53 Å². The lowest BCUT2D eigenvalue weighted by molar-refractivity contribution is 0.949. The highest BCUT2D eigenvalue weighted by Crippen LogP contribution is 2.34. The van der Waals surface area contributed by atoms with E-state index in [9.17, 15) is 0 Å². The molecule has 2 rings (SSSR count). The number of rotatable bonds is 2. The molecule has 1 radical (unpaired) electrons. The highest BCUT2D eigenvalue weighted by molar-refractivity contribution is 6.33. The van der Waals surface area contributed by atoms with E-state index in [-0.39, 0.29) is 0 Å². The molecule has 0 atom stereocenters. The molecular weight excluding hydrogens is 210 g/mol. The van der Waals surface area contributed by atoms with E-state index in [1.54, 1.807) is 6.07 Å². The van der Waals surface area contributed by atoms with E-state index in [1.807, 2.05) is 13.0 Å². The largest absolute Gasteiger partial charge is 0.370 e. The van der Waals surface area contributed by atoms with Crippen molar-refractivity contribution < 1.29 is 0 Å². The van der Waals surface area contributed by atoms with Gasteiger partial charge in [-0.25, -0.2) is 0 Å². The molecule has 0 bridgehead atoms. The molecule has 1 aliphatic heterocycles. The topological polar surface area (TPSA) is 37.9 Å². The molecule has 1 aliphatic rings. The first-order chi connectivity index (χ1) is 7.22. The predicted molar refractivity (Wildman–Crippen MR) is 61.9 cm³/mol. The molecule has 1 aromatic carbocycles. The molecule has 0 spiro atoms. The number of hydrogen-bond acceptors (Lipinski definition) is 2. The highest BCUT2D eigenvalue weighted by atomic mass is 35.5. The molecule has 0 saturated carbocycles. The molecule has 4 heteroatoms. The summed E-state index contributed by atoms with van der Waals surface area (Å²) >= 11 is 6.15. The number of nitrogens with zero attached hydrogens (tertiary/aromatic N) is 3. The minimum atomic E-state index is 0.544. The lowest BCUT2D eigenvalue weighted by atomic mass is 10.1. The fraction of sp³-hybridized carbons (Fsp3) is 0.455. The second-order valence-electron chi connectivity index (χ2n) is 3.88. The van der Waals surface area contributed by atoms with E-state index >= 15 is 0 Å². The van der Waals surface area contributed by atoms with E-state index in [0.29, 0.717) is 10.7 Å². The van der Waals surface area contributed by atoms with Gasteiger partial charge in [-0.3, -0.25) is 0 Å². The summed E-state index contributed by atoms with van der Waals surface area (Å²) in [6.45, 7) is 4.05. The Hall–Kier alpha value is -1.09. The molecule has 1 heterocycles. The Bertz CT molecular complexity index is 384. The maximum atomic E-state index is 8.75. The lowest BCUT2D eigenvalue weighted by Gasteiger charge is -2.20. The average molecular weight is 223 g/mol. The van der Waals surface area contributed by atoms with Gasteiger partial charge < -0.3 is 4.90 Å². The van der Waals surface area contributed by atoms with Crippen molar-refractivity contribution in [3.63, 3.8) is 0 Å². The van der Waals surface area contributed by atoms with Crippen molar-refractivity contribution in [3.8, 4) is 0 Å². The summed E-state index contributed by atoms with van der Waals surface area (Å²) in [4.78, 5) is 2.27. The zero-order valence-electron chi connectivity index (χ0n) is 8.70. The van der Waals surface area contributed by atoms with Crippen molar-refractivity contribution in [3.05, 3.63) is 22.7 Å². The fourth-order valence-corrected chi connectivity index (χ4v) is 2.24. The van der Waals surface area contributed by atoms with Gasteiger partial charge in [0.1, 0.15) is 0 Å². The van der Waals surface area contributed by atoms with Gasteiger partial charge in [-0.1, -0.05) is 11.6 Å². The Morgan fingerprint density at radius 2 is 2.00 bits per heavy atom. The Morgan fingerprint density at radius 3 is 2.60 bits per heavy atom. The average Bonchev–Trinajstić information content (AvgIpc) is 2.74. The maximum Gasteiger partial charge on any atom is 0.0921 e. The van der Waals surface area contributed by atoms with Crippen molar-refractivity contribution >= 4 is 23.0 Å². The Labute approximate surface area is 94.6 Å². The normalized spacial score (nSPS) is 15.7. The van der Waals surface area contributed by atoms with Crippen molar-refractivity contribution in [1.29, 1.82) is 0 Å². The standard InChI is InChI=1S/C11H13ClN3/c1-8-6-11(15-4-2-3-5-15)9(12)7-10(8)14-13/h6-7H,2-5H2,1H3. The third-order valence-corrected chi connectivity index (χ3v) is 3.12. The second kappa shape index (κ2) is 4.19. The number of anilines is 1. The minimum absolute atomic E-state index is 0.544. The van der Waals surface area contributed by atoms with Gasteiger partial charge in [-0.05, 0) is 43.0 Å². The van der Waals surface area contributed by atoms with Gasteiger partial charge in [0.05, 0.1) is 16.4 Å². The van der Waals surface area contributed by atoms with Crippen molar-refractivity contribution in [2.75, 3.05) is 18.0 Å². The van der Waals surface area contributed by atoms with E-state index in [0.717, 1.165) is 24.3 Å². The van der Waals surface area contributed by atoms with Crippen LogP contribution in [0.3, 0.4) is 0 Å². The zero-order chi connectivity index (χ0) is 10.8. The first kappa shape index (κ1) is 10.4. The van der Waals surface area contributed by atoms with Gasteiger partial charge in [-0.2, -0.15) is 0 Å². The molecule has 0 unspecified atom stereocenters. The molecule has 1 aromatic rings. The van der Waals surface area contributed by atoms with Crippen LogP contribution < -0.4 is 10.4 Å². The molecule has 1 fully saturated rings. The van der Waals surface area contributed by atoms with Crippen LogP contribution in [0.2, 0.25) is 5.02 Å². The maximum absolute atomic E-state index is 8.75. The van der Waals surface area contributed by atoms with Crippen LogP contribution in [0.5, 0.6) is 0 Å². The Kier molecular flexibility index (Phi) is 2.91. The van der Waals surface area contributed by atoms with Crippen LogP contribution in [0.15, 0.2) is 17.2 Å². The van der Waals surface area contributed by atoms with E-state index in [4.69, 9.17) is 17.1 Å². The molecule has 1 saturated heterocycles. The quantitative estimate of drug-likeness (QED) is 0.709. The summed E-state index contributed by atoms with van der Waals surface area (Å²) in [6.07, 6.45) is 2.45. The van der Waals surface area contributed by atoms with Gasteiger partial charge in [0.25, 0.3) is 0 Å². The van der Waals surface area contributed by atoms with Crippen molar-refractivity contribution in [2.24, 2.45) is 5.11 Å². The lowest BCUT2D eigenvalue weighted by Crippen LogP contribution is -2.18. The first-order valence-electron chi connectivity index (χ1n) is 5.12. The highest BCUT2D eigenvalue weighted by Gasteiger charge is 2.16. The van der Waals surface area contributed by atoms with Crippen LogP contribution in [0, 0.1) is 6.92 Å².